The molecule has 0 aromatic rings. The number of rotatable bonds is 0. The molecule has 0 spiro atoms. The standard InChI is InChI=1S/Bi.3FH.K.H/h;3*1H;;/q+3;;;;+1;-1/p-3. The topological polar surface area (TPSA) is 0 Å². The molecule has 0 atom stereocenters. The largest absolute Gasteiger partial charge is 3.00 e. The van der Waals surface area contributed by atoms with E-state index in [1.165, 1.54) is 0 Å². The predicted octanol–water partition coefficient (Wildman–Crippen LogP) is -12.3. The van der Waals surface area contributed by atoms with Crippen LogP contribution in [0.2, 0.25) is 0 Å². The third kappa shape index (κ3) is 22.0. The van der Waals surface area contributed by atoms with Crippen LogP contribution in [0.15, 0.2) is 0 Å². The molecular weight excluding hydrogens is 305 g/mol. The van der Waals surface area contributed by atoms with E-state index in [0.717, 1.165) is 0 Å². The van der Waals surface area contributed by atoms with E-state index in [1.807, 2.05) is 0 Å². The van der Waals surface area contributed by atoms with Gasteiger partial charge in [-0.1, -0.05) is 0 Å². The first-order valence-corrected chi connectivity index (χ1v) is 0. The molecule has 0 bridgehead atoms. The van der Waals surface area contributed by atoms with Gasteiger partial charge in [0, 0.05) is 0 Å². The molecule has 5 heavy (non-hydrogen) atoms. The Kier molecular flexibility index (Phi) is 364. The van der Waals surface area contributed by atoms with Gasteiger partial charge < -0.3 is 15.5 Å². The Bertz CT molecular complexity index is 10.8. The summed E-state index contributed by atoms with van der Waals surface area (Å²) in [6, 6.07) is 0. The monoisotopic (exact) mass is 306 g/mol. The van der Waals surface area contributed by atoms with E-state index < -0.39 is 0 Å². The fourth-order valence-corrected chi connectivity index (χ4v) is 0. The second-order valence-electron chi connectivity index (χ2n) is 0. The van der Waals surface area contributed by atoms with Gasteiger partial charge in [-0.05, 0) is 0 Å². The molecule has 0 fully saturated rings. The molecular formula is HBiF3K. The van der Waals surface area contributed by atoms with Crippen molar-refractivity contribution in [1.29, 1.82) is 0 Å². The fourth-order valence-electron chi connectivity index (χ4n) is 0. The minimum atomic E-state index is 0. The third-order valence-corrected chi connectivity index (χ3v) is 0. The first kappa shape index (κ1) is 54.6. The van der Waals surface area contributed by atoms with Gasteiger partial charge in [-0.2, -0.15) is 0 Å². The van der Waals surface area contributed by atoms with E-state index in [0.29, 0.717) is 0 Å². The normalized spacial score (nSPS) is 0. The zero-order valence-corrected chi connectivity index (χ0v) is 9.18. The molecule has 0 aliphatic rings. The average molecular weight is 306 g/mol. The molecule has 0 amide bonds. The van der Waals surface area contributed by atoms with Crippen molar-refractivity contribution < 1.29 is 66.9 Å². The van der Waals surface area contributed by atoms with Crippen molar-refractivity contribution in [3.63, 3.8) is 0 Å². The summed E-state index contributed by atoms with van der Waals surface area (Å²) in [7, 11) is 0. The predicted molar refractivity (Wildman–Crippen MR) is 6.87 cm³/mol. The van der Waals surface area contributed by atoms with Gasteiger partial charge in [0.2, 0.25) is 0 Å². The molecule has 0 aromatic carbocycles. The van der Waals surface area contributed by atoms with E-state index in [1.54, 1.807) is 0 Å². The molecule has 0 aliphatic carbocycles. The molecule has 0 N–H and O–H groups in total. The number of hydrogen-bond acceptors (Lipinski definition) is 0. The van der Waals surface area contributed by atoms with Gasteiger partial charge in [-0.3, -0.25) is 0 Å². The minimum Gasteiger partial charge on any atom is -1.00 e. The summed E-state index contributed by atoms with van der Waals surface area (Å²) in [5, 5.41) is 0. The van der Waals surface area contributed by atoms with Crippen LogP contribution in [0.25, 0.3) is 0 Å². The van der Waals surface area contributed by atoms with Gasteiger partial charge in [0.05, 0.1) is 0 Å². The zero-order valence-electron chi connectivity index (χ0n) is 3.58. The Morgan fingerprint density at radius 2 is 0.800 bits per heavy atom. The second kappa shape index (κ2) is 33.3. The average Bonchev–Trinajstić information content (AvgIpc) is 0. The first-order valence-electron chi connectivity index (χ1n) is 0. The number of hydrogen-bond donors (Lipinski definition) is 0. The summed E-state index contributed by atoms with van der Waals surface area (Å²) in [5.74, 6) is 0. The van der Waals surface area contributed by atoms with Crippen LogP contribution in [0, 0.1) is 0 Å². The molecule has 0 heterocycles. The summed E-state index contributed by atoms with van der Waals surface area (Å²) in [6.45, 7) is 0. The van der Waals surface area contributed by atoms with Gasteiger partial charge >= 0.3 is 77.6 Å². The molecule has 2 radical (unpaired) electrons. The fraction of sp³-hybridized carbons (Fsp3) is 0. The molecule has 0 nitrogen and oxygen atoms in total. The van der Waals surface area contributed by atoms with Crippen LogP contribution < -0.4 is 65.5 Å². The molecule has 5 heteroatoms. The van der Waals surface area contributed by atoms with Crippen LogP contribution in [-0.2, 0) is 0 Å². The van der Waals surface area contributed by atoms with E-state index in [-0.39, 0.29) is 93.1 Å². The van der Waals surface area contributed by atoms with Crippen molar-refractivity contribution in [2.75, 3.05) is 0 Å². The van der Waals surface area contributed by atoms with E-state index in [4.69, 9.17) is 0 Å². The van der Waals surface area contributed by atoms with Gasteiger partial charge in [0.25, 0.3) is 0 Å². The Hall–Kier alpha value is 2.31. The molecule has 0 saturated carbocycles. The molecule has 0 unspecified atom stereocenters. The maximum atomic E-state index is 0. The van der Waals surface area contributed by atoms with Crippen LogP contribution in [0.1, 0.15) is 1.43 Å². The summed E-state index contributed by atoms with van der Waals surface area (Å²) < 4.78 is 0. The van der Waals surface area contributed by atoms with Crippen molar-refractivity contribution in [3.05, 3.63) is 0 Å². The molecule has 28 valence electrons. The molecule has 0 rings (SSSR count). The Morgan fingerprint density at radius 1 is 0.800 bits per heavy atom. The van der Waals surface area contributed by atoms with Gasteiger partial charge in [0.1, 0.15) is 0 Å². The molecule has 0 aliphatic heterocycles. The van der Waals surface area contributed by atoms with E-state index >= 15 is 0 Å². The second-order valence-corrected chi connectivity index (χ2v) is 0. The smallest absolute Gasteiger partial charge is 1.00 e. The minimum absolute atomic E-state index is 0. The van der Waals surface area contributed by atoms with E-state index in [2.05, 4.69) is 0 Å². The van der Waals surface area contributed by atoms with Crippen molar-refractivity contribution in [2.45, 2.75) is 0 Å². The van der Waals surface area contributed by atoms with Gasteiger partial charge in [0.15, 0.2) is 0 Å². The van der Waals surface area contributed by atoms with Crippen LogP contribution in [-0.4, -0.2) is 26.2 Å². The summed E-state index contributed by atoms with van der Waals surface area (Å²) >= 11 is 0. The van der Waals surface area contributed by atoms with Crippen LogP contribution in [0.5, 0.6) is 0 Å². The number of halogens is 3. The third-order valence-electron chi connectivity index (χ3n) is 0. The molecule has 0 saturated heterocycles. The van der Waals surface area contributed by atoms with Crippen LogP contribution in [0.4, 0.5) is 0 Å². The van der Waals surface area contributed by atoms with Crippen molar-refractivity contribution in [3.8, 4) is 0 Å². The quantitative estimate of drug-likeness (QED) is 0.390. The summed E-state index contributed by atoms with van der Waals surface area (Å²) in [5.41, 5.74) is 0. The van der Waals surface area contributed by atoms with E-state index in [9.17, 15) is 0 Å². The van der Waals surface area contributed by atoms with Crippen LogP contribution in [0.3, 0.4) is 0 Å². The maximum absolute atomic E-state index is 0. The SMILES string of the molecule is [Bi+3].[F-].[F-].[F-].[H-].[K+]. The summed E-state index contributed by atoms with van der Waals surface area (Å²) in [6.07, 6.45) is 0. The molecule has 0 aromatic heterocycles. The Labute approximate surface area is 91.2 Å². The van der Waals surface area contributed by atoms with Crippen LogP contribution >= 0.6 is 0 Å². The zero-order chi connectivity index (χ0) is 0. The van der Waals surface area contributed by atoms with Gasteiger partial charge in [-0.15, -0.1) is 0 Å². The van der Waals surface area contributed by atoms with Crippen molar-refractivity contribution in [2.24, 2.45) is 0 Å². The first-order chi connectivity index (χ1) is 0. The maximum Gasteiger partial charge on any atom is 3.00 e. The Balaban J connectivity index is 0. The van der Waals surface area contributed by atoms with Gasteiger partial charge in [-0.25, -0.2) is 0 Å². The Morgan fingerprint density at radius 3 is 0.800 bits per heavy atom. The van der Waals surface area contributed by atoms with Crippen molar-refractivity contribution in [1.82, 2.24) is 0 Å². The van der Waals surface area contributed by atoms with Crippen molar-refractivity contribution >= 4 is 26.2 Å². The summed E-state index contributed by atoms with van der Waals surface area (Å²) in [4.78, 5) is 0.